The van der Waals surface area contributed by atoms with Crippen LogP contribution in [0.15, 0.2) is 42.5 Å². The van der Waals surface area contributed by atoms with E-state index in [0.717, 1.165) is 17.1 Å². The van der Waals surface area contributed by atoms with Gasteiger partial charge >= 0.3 is 12.0 Å². The van der Waals surface area contributed by atoms with E-state index in [1.165, 1.54) is 0 Å². The number of carbonyl (C=O) groups excluding carboxylic acids is 2. The third-order valence-electron chi connectivity index (χ3n) is 5.75. The summed E-state index contributed by atoms with van der Waals surface area (Å²) >= 11 is 0. The molecule has 1 N–H and O–H groups in total. The van der Waals surface area contributed by atoms with Gasteiger partial charge in [0.2, 0.25) is 6.79 Å². The first-order valence-electron chi connectivity index (χ1n) is 10.9. The van der Waals surface area contributed by atoms with Gasteiger partial charge in [-0.15, -0.1) is 0 Å². The van der Waals surface area contributed by atoms with Gasteiger partial charge in [0, 0.05) is 30.3 Å². The van der Waals surface area contributed by atoms with E-state index in [2.05, 4.69) is 10.4 Å². The fourth-order valence-electron chi connectivity index (χ4n) is 4.07. The Bertz CT molecular complexity index is 1240. The first-order chi connectivity index (χ1) is 16.6. The van der Waals surface area contributed by atoms with Crippen LogP contribution in [0.3, 0.4) is 0 Å². The smallest absolute Gasteiger partial charge is 0.359 e. The fourth-order valence-corrected chi connectivity index (χ4v) is 4.07. The van der Waals surface area contributed by atoms with Gasteiger partial charge in [-0.05, 0) is 43.3 Å². The number of rotatable bonds is 5. The molecule has 0 bridgehead atoms. The Labute approximate surface area is 196 Å². The Morgan fingerprint density at radius 2 is 1.91 bits per heavy atom. The van der Waals surface area contributed by atoms with Crippen LogP contribution in [0.1, 0.15) is 28.7 Å². The number of carbonyl (C=O) groups is 2. The Morgan fingerprint density at radius 1 is 1.12 bits per heavy atom. The minimum Gasteiger partial charge on any atom is -0.497 e. The Balaban J connectivity index is 1.41. The summed E-state index contributed by atoms with van der Waals surface area (Å²) in [5.74, 6) is 1.44. The number of hydrogen-bond donors (Lipinski definition) is 1. The van der Waals surface area contributed by atoms with Crippen LogP contribution in [0.25, 0.3) is 5.69 Å². The lowest BCUT2D eigenvalue weighted by Gasteiger charge is -2.28. The Morgan fingerprint density at radius 3 is 2.68 bits per heavy atom. The predicted molar refractivity (Wildman–Crippen MR) is 122 cm³/mol. The minimum atomic E-state index is -0.510. The highest BCUT2D eigenvalue weighted by Crippen LogP contribution is 2.34. The average Bonchev–Trinajstić information content (AvgIpc) is 3.48. The van der Waals surface area contributed by atoms with Crippen LogP contribution in [-0.4, -0.2) is 53.7 Å². The SMILES string of the molecule is CCOC(=O)c1nn(-c2ccc(OC)cc2)c2c1CN(C(=O)Nc1ccc3c(c1)OCO3)CC2. The van der Waals surface area contributed by atoms with Crippen molar-refractivity contribution in [3.05, 3.63) is 59.4 Å². The van der Waals surface area contributed by atoms with Crippen LogP contribution in [0, 0.1) is 0 Å². The summed E-state index contributed by atoms with van der Waals surface area (Å²) in [5.41, 5.74) is 3.17. The molecule has 0 saturated heterocycles. The normalized spacial score (nSPS) is 13.9. The molecule has 2 aromatic carbocycles. The third kappa shape index (κ3) is 3.98. The maximum atomic E-state index is 13.0. The summed E-state index contributed by atoms with van der Waals surface area (Å²) in [4.78, 5) is 27.3. The molecule has 0 aliphatic carbocycles. The van der Waals surface area contributed by atoms with E-state index in [-0.39, 0.29) is 31.7 Å². The molecule has 3 heterocycles. The second-order valence-electron chi connectivity index (χ2n) is 7.77. The van der Waals surface area contributed by atoms with Crippen molar-refractivity contribution < 1.29 is 28.5 Å². The Kier molecular flexibility index (Phi) is 5.70. The van der Waals surface area contributed by atoms with E-state index in [0.29, 0.717) is 35.7 Å². The summed E-state index contributed by atoms with van der Waals surface area (Å²) < 4.78 is 22.9. The highest BCUT2D eigenvalue weighted by Gasteiger charge is 2.31. The topological polar surface area (TPSA) is 104 Å². The highest BCUT2D eigenvalue weighted by molar-refractivity contribution is 5.92. The molecule has 10 heteroatoms. The highest BCUT2D eigenvalue weighted by atomic mass is 16.7. The quantitative estimate of drug-likeness (QED) is 0.577. The Hall–Kier alpha value is -4.21. The van der Waals surface area contributed by atoms with Crippen molar-refractivity contribution >= 4 is 17.7 Å². The second kappa shape index (κ2) is 8.97. The summed E-state index contributed by atoms with van der Waals surface area (Å²) in [7, 11) is 1.60. The molecule has 2 amide bonds. The number of nitrogens with one attached hydrogen (secondary N) is 1. The summed E-state index contributed by atoms with van der Waals surface area (Å²) in [6.07, 6.45) is 0.530. The van der Waals surface area contributed by atoms with Gasteiger partial charge in [-0.25, -0.2) is 14.3 Å². The molecule has 5 rings (SSSR count). The van der Waals surface area contributed by atoms with E-state index >= 15 is 0 Å². The van der Waals surface area contributed by atoms with Crippen LogP contribution in [0.5, 0.6) is 17.2 Å². The zero-order valence-corrected chi connectivity index (χ0v) is 18.9. The number of hydrogen-bond acceptors (Lipinski definition) is 7. The maximum Gasteiger partial charge on any atom is 0.359 e. The van der Waals surface area contributed by atoms with Gasteiger partial charge in [-0.3, -0.25) is 0 Å². The molecule has 10 nitrogen and oxygen atoms in total. The molecule has 0 spiro atoms. The van der Waals surface area contributed by atoms with Crippen molar-refractivity contribution in [2.24, 2.45) is 0 Å². The van der Waals surface area contributed by atoms with Crippen LogP contribution in [0.2, 0.25) is 0 Å². The molecular formula is C24H24N4O6. The molecule has 2 aliphatic rings. The molecular weight excluding hydrogens is 440 g/mol. The lowest BCUT2D eigenvalue weighted by Crippen LogP contribution is -2.39. The lowest BCUT2D eigenvalue weighted by molar-refractivity contribution is 0.0516. The molecule has 0 fully saturated rings. The molecule has 34 heavy (non-hydrogen) atoms. The van der Waals surface area contributed by atoms with Crippen molar-refractivity contribution in [1.82, 2.24) is 14.7 Å². The first kappa shape index (κ1) is 21.6. The number of ether oxygens (including phenoxy) is 4. The summed E-state index contributed by atoms with van der Waals surface area (Å²) in [6.45, 7) is 2.84. The monoisotopic (exact) mass is 464 g/mol. The van der Waals surface area contributed by atoms with Crippen molar-refractivity contribution in [2.45, 2.75) is 19.9 Å². The van der Waals surface area contributed by atoms with Gasteiger partial charge in [-0.2, -0.15) is 5.10 Å². The van der Waals surface area contributed by atoms with Gasteiger partial charge in [0.05, 0.1) is 31.6 Å². The fraction of sp³-hybridized carbons (Fsp3) is 0.292. The minimum absolute atomic E-state index is 0.163. The lowest BCUT2D eigenvalue weighted by atomic mass is 10.0. The van der Waals surface area contributed by atoms with Crippen LogP contribution < -0.4 is 19.5 Å². The maximum absolute atomic E-state index is 13.0. The number of benzene rings is 2. The first-order valence-corrected chi connectivity index (χ1v) is 10.9. The third-order valence-corrected chi connectivity index (χ3v) is 5.75. The van der Waals surface area contributed by atoms with E-state index in [4.69, 9.17) is 18.9 Å². The van der Waals surface area contributed by atoms with Gasteiger partial charge < -0.3 is 29.2 Å². The van der Waals surface area contributed by atoms with Crippen LogP contribution >= 0.6 is 0 Å². The number of esters is 1. The number of aromatic nitrogens is 2. The molecule has 0 saturated carbocycles. The van der Waals surface area contributed by atoms with Crippen LogP contribution in [0.4, 0.5) is 10.5 Å². The number of amides is 2. The molecule has 1 aromatic heterocycles. The number of methoxy groups -OCH3 is 1. The van der Waals surface area contributed by atoms with Crippen LogP contribution in [-0.2, 0) is 17.7 Å². The summed E-state index contributed by atoms with van der Waals surface area (Å²) in [6, 6.07) is 12.4. The average molecular weight is 464 g/mol. The number of urea groups is 1. The van der Waals surface area contributed by atoms with E-state index in [9.17, 15) is 9.59 Å². The molecule has 3 aromatic rings. The zero-order valence-electron chi connectivity index (χ0n) is 18.9. The largest absolute Gasteiger partial charge is 0.497 e. The second-order valence-corrected chi connectivity index (χ2v) is 7.77. The van der Waals surface area contributed by atoms with Gasteiger partial charge in [-0.1, -0.05) is 0 Å². The molecule has 0 atom stereocenters. The van der Waals surface area contributed by atoms with Crippen molar-refractivity contribution in [2.75, 3.05) is 32.4 Å². The number of nitrogens with zero attached hydrogens (tertiary/aromatic N) is 3. The molecule has 0 unspecified atom stereocenters. The number of anilines is 1. The molecule has 176 valence electrons. The predicted octanol–water partition coefficient (Wildman–Crippen LogP) is 3.38. The van der Waals surface area contributed by atoms with E-state index < -0.39 is 5.97 Å². The molecule has 2 aliphatic heterocycles. The number of fused-ring (bicyclic) bond motifs is 2. The molecule has 0 radical (unpaired) electrons. The summed E-state index contributed by atoms with van der Waals surface area (Å²) in [5, 5.41) is 7.46. The van der Waals surface area contributed by atoms with Crippen molar-refractivity contribution in [3.63, 3.8) is 0 Å². The van der Waals surface area contributed by atoms with Gasteiger partial charge in [0.1, 0.15) is 5.75 Å². The zero-order chi connectivity index (χ0) is 23.7. The van der Waals surface area contributed by atoms with Crippen molar-refractivity contribution in [3.8, 4) is 22.9 Å². The standard InChI is InChI=1S/C24H24N4O6/c1-3-32-23(29)22-18-13-27(24(30)25-15-4-9-20-21(12-15)34-14-33-20)11-10-19(18)28(26-22)16-5-7-17(31-2)8-6-16/h4-9,12H,3,10-11,13-14H2,1-2H3,(H,25,30). The van der Waals surface area contributed by atoms with Gasteiger partial charge in [0.15, 0.2) is 17.2 Å². The van der Waals surface area contributed by atoms with Crippen molar-refractivity contribution in [1.29, 1.82) is 0 Å². The van der Waals surface area contributed by atoms with E-state index in [1.807, 2.05) is 24.3 Å². The van der Waals surface area contributed by atoms with E-state index in [1.54, 1.807) is 41.8 Å². The van der Waals surface area contributed by atoms with Gasteiger partial charge in [0.25, 0.3) is 0 Å².